The van der Waals surface area contributed by atoms with Crippen LogP contribution in [0.4, 0.5) is 0 Å². The van der Waals surface area contributed by atoms with Crippen molar-refractivity contribution in [2.45, 2.75) is 0 Å². The Kier molecular flexibility index (Phi) is 4.54. The summed E-state index contributed by atoms with van der Waals surface area (Å²) >= 11 is 0. The van der Waals surface area contributed by atoms with Crippen molar-refractivity contribution in [3.8, 4) is 11.5 Å². The third-order valence-electron chi connectivity index (χ3n) is 3.28. The number of fused-ring (bicyclic) bond motifs is 1. The van der Waals surface area contributed by atoms with Crippen molar-refractivity contribution < 1.29 is 28.5 Å². The lowest BCUT2D eigenvalue weighted by atomic mass is 10.1. The molecule has 0 saturated carbocycles. The number of methoxy groups -OCH3 is 4. The van der Waals surface area contributed by atoms with Gasteiger partial charge in [0.05, 0.1) is 39.3 Å². The zero-order chi connectivity index (χ0) is 17.1. The number of esters is 2. The van der Waals surface area contributed by atoms with Crippen molar-refractivity contribution in [1.29, 1.82) is 0 Å². The molecule has 8 heteroatoms. The van der Waals surface area contributed by atoms with Gasteiger partial charge in [0, 0.05) is 6.07 Å². The molecule has 0 spiro atoms. The molecule has 0 amide bonds. The van der Waals surface area contributed by atoms with Crippen molar-refractivity contribution in [1.82, 2.24) is 4.98 Å². The Balaban J connectivity index is 2.92. The second-order valence-corrected chi connectivity index (χ2v) is 4.44. The molecule has 8 nitrogen and oxygen atoms in total. The second-order valence-electron chi connectivity index (χ2n) is 4.44. The average Bonchev–Trinajstić information content (AvgIpc) is 2.58. The minimum absolute atomic E-state index is 0.149. The van der Waals surface area contributed by atoms with Crippen LogP contribution >= 0.6 is 0 Å². The molecule has 0 unspecified atom stereocenters. The number of aromatic nitrogens is 1. The Morgan fingerprint density at radius 3 is 2.00 bits per heavy atom. The van der Waals surface area contributed by atoms with Gasteiger partial charge in [0.1, 0.15) is 11.3 Å². The first-order valence-corrected chi connectivity index (χ1v) is 6.47. The van der Waals surface area contributed by atoms with Gasteiger partial charge in [0.25, 0.3) is 0 Å². The highest BCUT2D eigenvalue weighted by atomic mass is 16.5. The number of benzene rings is 1. The molecule has 1 aromatic carbocycles. The molecule has 122 valence electrons. The van der Waals surface area contributed by atoms with Gasteiger partial charge in [0.15, 0.2) is 11.5 Å². The van der Waals surface area contributed by atoms with Crippen molar-refractivity contribution in [3.05, 3.63) is 33.6 Å². The zero-order valence-electron chi connectivity index (χ0n) is 13.0. The maximum absolute atomic E-state index is 12.6. The average molecular weight is 321 g/mol. The SMILES string of the molecule is COC(=O)c1[nH]c2cc(OC)c(OC)cc2c(=O)c1C(=O)OC. The lowest BCUT2D eigenvalue weighted by Crippen LogP contribution is -2.24. The van der Waals surface area contributed by atoms with E-state index in [1.54, 1.807) is 0 Å². The number of aromatic amines is 1. The van der Waals surface area contributed by atoms with Gasteiger partial charge in [0.2, 0.25) is 5.43 Å². The van der Waals surface area contributed by atoms with E-state index in [0.29, 0.717) is 17.0 Å². The fourth-order valence-electron chi connectivity index (χ4n) is 2.17. The van der Waals surface area contributed by atoms with Gasteiger partial charge in [-0.15, -0.1) is 0 Å². The number of hydrogen-bond donors (Lipinski definition) is 1. The Bertz CT molecular complexity index is 838. The van der Waals surface area contributed by atoms with Crippen molar-refractivity contribution in [2.24, 2.45) is 0 Å². The molecule has 0 atom stereocenters. The number of H-pyrrole nitrogens is 1. The molecule has 1 N–H and O–H groups in total. The summed E-state index contributed by atoms with van der Waals surface area (Å²) in [6, 6.07) is 2.91. The van der Waals surface area contributed by atoms with Crippen LogP contribution in [0.25, 0.3) is 10.9 Å². The van der Waals surface area contributed by atoms with Crippen molar-refractivity contribution >= 4 is 22.8 Å². The molecule has 23 heavy (non-hydrogen) atoms. The molecular weight excluding hydrogens is 306 g/mol. The van der Waals surface area contributed by atoms with E-state index in [0.717, 1.165) is 14.2 Å². The molecule has 0 aliphatic rings. The van der Waals surface area contributed by atoms with Gasteiger partial charge in [-0.05, 0) is 6.07 Å². The molecule has 1 heterocycles. The number of ether oxygens (including phenoxy) is 4. The zero-order valence-corrected chi connectivity index (χ0v) is 13.0. The molecule has 0 fully saturated rings. The predicted molar refractivity (Wildman–Crippen MR) is 80.4 cm³/mol. The van der Waals surface area contributed by atoms with Crippen LogP contribution in [0.2, 0.25) is 0 Å². The Labute approximate surface area is 130 Å². The van der Waals surface area contributed by atoms with Crippen LogP contribution < -0.4 is 14.9 Å². The highest BCUT2D eigenvalue weighted by molar-refractivity contribution is 6.04. The van der Waals surface area contributed by atoms with Gasteiger partial charge < -0.3 is 23.9 Å². The molecule has 1 aromatic heterocycles. The lowest BCUT2D eigenvalue weighted by Gasteiger charge is -2.12. The van der Waals surface area contributed by atoms with E-state index >= 15 is 0 Å². The highest BCUT2D eigenvalue weighted by Crippen LogP contribution is 2.30. The third-order valence-corrected chi connectivity index (χ3v) is 3.28. The normalized spacial score (nSPS) is 10.3. The van der Waals surface area contributed by atoms with E-state index in [2.05, 4.69) is 14.5 Å². The molecule has 2 aromatic rings. The number of carbonyl (C=O) groups is 2. The third kappa shape index (κ3) is 2.70. The van der Waals surface area contributed by atoms with Crippen LogP contribution in [0, 0.1) is 0 Å². The summed E-state index contributed by atoms with van der Waals surface area (Å²) in [5.74, 6) is -1.13. The highest BCUT2D eigenvalue weighted by Gasteiger charge is 2.25. The van der Waals surface area contributed by atoms with Crippen LogP contribution in [-0.2, 0) is 9.47 Å². The summed E-state index contributed by atoms with van der Waals surface area (Å²) in [4.78, 5) is 39.1. The fourth-order valence-corrected chi connectivity index (χ4v) is 2.17. The fraction of sp³-hybridized carbons (Fsp3) is 0.267. The van der Waals surface area contributed by atoms with Crippen LogP contribution in [0.1, 0.15) is 20.8 Å². The number of rotatable bonds is 4. The minimum Gasteiger partial charge on any atom is -0.493 e. The molecule has 2 rings (SSSR count). The van der Waals surface area contributed by atoms with Crippen LogP contribution in [-0.4, -0.2) is 45.4 Å². The Morgan fingerprint density at radius 1 is 0.913 bits per heavy atom. The molecule has 0 aliphatic carbocycles. The number of pyridine rings is 1. The summed E-state index contributed by atoms with van der Waals surface area (Å²) in [5.41, 5.74) is -1.10. The topological polar surface area (TPSA) is 104 Å². The number of nitrogens with one attached hydrogen (secondary N) is 1. The lowest BCUT2D eigenvalue weighted by molar-refractivity contribution is 0.0549. The monoisotopic (exact) mass is 321 g/mol. The molecule has 0 aliphatic heterocycles. The largest absolute Gasteiger partial charge is 0.493 e. The van der Waals surface area contributed by atoms with Gasteiger partial charge in [-0.3, -0.25) is 4.79 Å². The Hall–Kier alpha value is -3.03. The van der Waals surface area contributed by atoms with Crippen LogP contribution in [0.3, 0.4) is 0 Å². The maximum Gasteiger partial charge on any atom is 0.355 e. The number of hydrogen-bond acceptors (Lipinski definition) is 7. The van der Waals surface area contributed by atoms with Crippen LogP contribution in [0.5, 0.6) is 11.5 Å². The second kappa shape index (κ2) is 6.39. The molecular formula is C15H15NO7. The van der Waals surface area contributed by atoms with E-state index in [1.807, 2.05) is 0 Å². The molecule has 0 bridgehead atoms. The van der Waals surface area contributed by atoms with E-state index < -0.39 is 22.9 Å². The predicted octanol–water partition coefficient (Wildman–Crippen LogP) is 1.12. The first-order valence-electron chi connectivity index (χ1n) is 6.47. The van der Waals surface area contributed by atoms with Gasteiger partial charge >= 0.3 is 11.9 Å². The first kappa shape index (κ1) is 16.3. The van der Waals surface area contributed by atoms with E-state index in [-0.39, 0.29) is 11.1 Å². The van der Waals surface area contributed by atoms with E-state index in [4.69, 9.17) is 9.47 Å². The summed E-state index contributed by atoms with van der Waals surface area (Å²) in [6.07, 6.45) is 0. The summed E-state index contributed by atoms with van der Waals surface area (Å²) < 4.78 is 19.5. The summed E-state index contributed by atoms with van der Waals surface area (Å²) in [6.45, 7) is 0. The minimum atomic E-state index is -0.941. The van der Waals surface area contributed by atoms with E-state index in [9.17, 15) is 14.4 Å². The van der Waals surface area contributed by atoms with Crippen molar-refractivity contribution in [3.63, 3.8) is 0 Å². The van der Waals surface area contributed by atoms with Gasteiger partial charge in [-0.25, -0.2) is 9.59 Å². The van der Waals surface area contributed by atoms with Gasteiger partial charge in [-0.2, -0.15) is 0 Å². The summed E-state index contributed by atoms with van der Waals surface area (Å²) in [5, 5.41) is 0.149. The van der Waals surface area contributed by atoms with Crippen LogP contribution in [0.15, 0.2) is 16.9 Å². The smallest absolute Gasteiger partial charge is 0.355 e. The molecule has 0 saturated heterocycles. The standard InChI is InChI=1S/C15H15NO7/c1-20-9-5-7-8(6-10(9)21-2)16-12(15(19)23-4)11(13(7)17)14(18)22-3/h5-6H,1-4H3,(H,16,17). The molecule has 0 radical (unpaired) electrons. The quantitative estimate of drug-likeness (QED) is 0.841. The maximum atomic E-state index is 12.6. The summed E-state index contributed by atoms with van der Waals surface area (Å²) in [7, 11) is 5.11. The van der Waals surface area contributed by atoms with Crippen molar-refractivity contribution in [2.75, 3.05) is 28.4 Å². The number of carbonyl (C=O) groups excluding carboxylic acids is 2. The van der Waals surface area contributed by atoms with Gasteiger partial charge in [-0.1, -0.05) is 0 Å². The van der Waals surface area contributed by atoms with E-state index in [1.165, 1.54) is 26.4 Å². The Morgan fingerprint density at radius 2 is 1.48 bits per heavy atom. The first-order chi connectivity index (χ1) is 11.0.